The maximum Gasteiger partial charge on any atom is 0.336 e. The van der Waals surface area contributed by atoms with Gasteiger partial charge in [-0.05, 0) is 36.4 Å². The van der Waals surface area contributed by atoms with Crippen LogP contribution in [-0.2, 0) is 0 Å². The lowest BCUT2D eigenvalue weighted by Gasteiger charge is -2.07. The van der Waals surface area contributed by atoms with E-state index in [0.717, 1.165) is 4.90 Å². The number of rotatable bonds is 3. The van der Waals surface area contributed by atoms with Gasteiger partial charge in [0.1, 0.15) is 0 Å². The molecular formula is C13H9Cl2NO2S. The van der Waals surface area contributed by atoms with Crippen molar-refractivity contribution in [1.82, 2.24) is 0 Å². The van der Waals surface area contributed by atoms with Gasteiger partial charge in [0.2, 0.25) is 0 Å². The fraction of sp³-hybridized carbons (Fsp3) is 0. The van der Waals surface area contributed by atoms with E-state index in [-0.39, 0.29) is 5.56 Å². The topological polar surface area (TPSA) is 63.3 Å². The van der Waals surface area contributed by atoms with Crippen LogP contribution in [0.15, 0.2) is 46.2 Å². The Labute approximate surface area is 124 Å². The Balaban J connectivity index is 2.37. The van der Waals surface area contributed by atoms with Crippen molar-refractivity contribution in [2.24, 2.45) is 0 Å². The molecule has 3 N–H and O–H groups in total. The van der Waals surface area contributed by atoms with Crippen LogP contribution in [0.1, 0.15) is 10.4 Å². The minimum Gasteiger partial charge on any atom is -0.478 e. The molecule has 0 radical (unpaired) electrons. The Hall–Kier alpha value is -1.36. The van der Waals surface area contributed by atoms with E-state index in [4.69, 9.17) is 34.0 Å². The fourth-order valence-corrected chi connectivity index (χ4v) is 2.79. The van der Waals surface area contributed by atoms with Gasteiger partial charge >= 0.3 is 5.97 Å². The van der Waals surface area contributed by atoms with Crippen LogP contribution in [0.4, 0.5) is 5.69 Å². The number of benzene rings is 2. The van der Waals surface area contributed by atoms with E-state index in [1.165, 1.54) is 17.8 Å². The zero-order chi connectivity index (χ0) is 14.0. The summed E-state index contributed by atoms with van der Waals surface area (Å²) in [6.45, 7) is 0. The van der Waals surface area contributed by atoms with E-state index < -0.39 is 5.97 Å². The first kappa shape index (κ1) is 14.1. The third kappa shape index (κ3) is 3.35. The molecule has 0 unspecified atom stereocenters. The van der Waals surface area contributed by atoms with Gasteiger partial charge in [-0.3, -0.25) is 0 Å². The second-order valence-corrected chi connectivity index (χ2v) is 5.67. The van der Waals surface area contributed by atoms with Gasteiger partial charge in [0.25, 0.3) is 0 Å². The van der Waals surface area contributed by atoms with Crippen molar-refractivity contribution in [3.05, 3.63) is 52.0 Å². The molecule has 98 valence electrons. The molecule has 0 aromatic heterocycles. The normalized spacial score (nSPS) is 10.4. The number of hydrogen-bond acceptors (Lipinski definition) is 3. The third-order valence-electron chi connectivity index (χ3n) is 2.35. The molecule has 0 heterocycles. The van der Waals surface area contributed by atoms with Crippen LogP contribution in [0, 0.1) is 0 Å². The van der Waals surface area contributed by atoms with Gasteiger partial charge in [-0.2, -0.15) is 0 Å². The number of nitrogen functional groups attached to an aromatic ring is 1. The van der Waals surface area contributed by atoms with E-state index in [1.54, 1.807) is 30.3 Å². The highest BCUT2D eigenvalue weighted by Crippen LogP contribution is 2.34. The SMILES string of the molecule is Nc1ccc(Sc2ccc(Cl)c(Cl)c2)c(C(=O)O)c1. The summed E-state index contributed by atoms with van der Waals surface area (Å²) >= 11 is 13.1. The first-order chi connectivity index (χ1) is 8.97. The lowest BCUT2D eigenvalue weighted by molar-refractivity contribution is 0.0693. The molecule has 0 atom stereocenters. The highest BCUT2D eigenvalue weighted by Gasteiger charge is 2.12. The van der Waals surface area contributed by atoms with Crippen LogP contribution >= 0.6 is 35.0 Å². The average molecular weight is 314 g/mol. The van der Waals surface area contributed by atoms with Crippen molar-refractivity contribution in [1.29, 1.82) is 0 Å². The van der Waals surface area contributed by atoms with Crippen molar-refractivity contribution in [3.8, 4) is 0 Å². The molecule has 2 aromatic rings. The Kier molecular flexibility index (Phi) is 4.24. The predicted molar refractivity (Wildman–Crippen MR) is 78.4 cm³/mol. The zero-order valence-corrected chi connectivity index (χ0v) is 11.9. The Morgan fingerprint density at radius 3 is 2.47 bits per heavy atom. The smallest absolute Gasteiger partial charge is 0.336 e. The Morgan fingerprint density at radius 2 is 1.84 bits per heavy atom. The molecular weight excluding hydrogens is 305 g/mol. The molecule has 0 amide bonds. The molecule has 0 spiro atoms. The van der Waals surface area contributed by atoms with E-state index in [0.29, 0.717) is 20.6 Å². The fourth-order valence-electron chi connectivity index (χ4n) is 1.47. The summed E-state index contributed by atoms with van der Waals surface area (Å²) < 4.78 is 0. The maximum absolute atomic E-state index is 11.2. The van der Waals surface area contributed by atoms with Gasteiger partial charge in [0.15, 0.2) is 0 Å². The van der Waals surface area contributed by atoms with Crippen molar-refractivity contribution < 1.29 is 9.90 Å². The predicted octanol–water partition coefficient (Wildman–Crippen LogP) is 4.43. The van der Waals surface area contributed by atoms with Crippen LogP contribution in [0.3, 0.4) is 0 Å². The number of carboxylic acid groups (broad SMARTS) is 1. The van der Waals surface area contributed by atoms with Crippen molar-refractivity contribution in [2.75, 3.05) is 5.73 Å². The highest BCUT2D eigenvalue weighted by molar-refractivity contribution is 7.99. The number of anilines is 1. The second kappa shape index (κ2) is 5.74. The first-order valence-electron chi connectivity index (χ1n) is 5.23. The third-order valence-corrected chi connectivity index (χ3v) is 4.16. The van der Waals surface area contributed by atoms with Gasteiger partial charge in [-0.25, -0.2) is 4.79 Å². The lowest BCUT2D eigenvalue weighted by atomic mass is 10.2. The van der Waals surface area contributed by atoms with E-state index >= 15 is 0 Å². The van der Waals surface area contributed by atoms with E-state index in [1.807, 2.05) is 0 Å². The molecule has 0 fully saturated rings. The number of hydrogen-bond donors (Lipinski definition) is 2. The second-order valence-electron chi connectivity index (χ2n) is 3.74. The van der Waals surface area contributed by atoms with Crippen LogP contribution in [0.25, 0.3) is 0 Å². The molecule has 2 rings (SSSR count). The molecule has 6 heteroatoms. The highest BCUT2D eigenvalue weighted by atomic mass is 35.5. The number of carbonyl (C=O) groups is 1. The molecule has 0 aliphatic carbocycles. The Morgan fingerprint density at radius 1 is 1.11 bits per heavy atom. The van der Waals surface area contributed by atoms with E-state index in [9.17, 15) is 4.79 Å². The molecule has 0 saturated heterocycles. The molecule has 0 aliphatic heterocycles. The van der Waals surface area contributed by atoms with Gasteiger partial charge in [0, 0.05) is 15.5 Å². The summed E-state index contributed by atoms with van der Waals surface area (Å²) in [5, 5.41) is 10.0. The zero-order valence-electron chi connectivity index (χ0n) is 9.56. The first-order valence-corrected chi connectivity index (χ1v) is 6.80. The largest absolute Gasteiger partial charge is 0.478 e. The molecule has 0 aliphatic rings. The van der Waals surface area contributed by atoms with Gasteiger partial charge < -0.3 is 10.8 Å². The van der Waals surface area contributed by atoms with Gasteiger partial charge in [0.05, 0.1) is 15.6 Å². The summed E-state index contributed by atoms with van der Waals surface area (Å²) in [6, 6.07) is 9.90. The van der Waals surface area contributed by atoms with Crippen molar-refractivity contribution in [2.45, 2.75) is 9.79 Å². The number of carboxylic acids is 1. The summed E-state index contributed by atoms with van der Waals surface area (Å²) in [5.41, 5.74) is 6.17. The average Bonchev–Trinajstić information content (AvgIpc) is 2.36. The summed E-state index contributed by atoms with van der Waals surface area (Å²) in [6.07, 6.45) is 0. The molecule has 19 heavy (non-hydrogen) atoms. The van der Waals surface area contributed by atoms with Crippen LogP contribution in [0.5, 0.6) is 0 Å². The number of halogens is 2. The van der Waals surface area contributed by atoms with Crippen LogP contribution < -0.4 is 5.73 Å². The summed E-state index contributed by atoms with van der Waals surface area (Å²) in [5.74, 6) is -1.02. The lowest BCUT2D eigenvalue weighted by Crippen LogP contribution is -2.00. The monoisotopic (exact) mass is 313 g/mol. The van der Waals surface area contributed by atoms with Crippen LogP contribution in [-0.4, -0.2) is 11.1 Å². The summed E-state index contributed by atoms with van der Waals surface area (Å²) in [7, 11) is 0. The number of aromatic carboxylic acids is 1. The molecule has 0 bridgehead atoms. The van der Waals surface area contributed by atoms with E-state index in [2.05, 4.69) is 0 Å². The molecule has 2 aromatic carbocycles. The molecule has 0 saturated carbocycles. The minimum atomic E-state index is -1.02. The quantitative estimate of drug-likeness (QED) is 0.823. The minimum absolute atomic E-state index is 0.163. The Bertz CT molecular complexity index is 647. The summed E-state index contributed by atoms with van der Waals surface area (Å²) in [4.78, 5) is 12.6. The molecule has 3 nitrogen and oxygen atoms in total. The van der Waals surface area contributed by atoms with Gasteiger partial charge in [-0.1, -0.05) is 35.0 Å². The number of nitrogens with two attached hydrogens (primary N) is 1. The maximum atomic E-state index is 11.2. The standard InChI is InChI=1S/C13H9Cl2NO2S/c14-10-3-2-8(6-11(10)15)19-12-4-1-7(16)5-9(12)13(17)18/h1-6H,16H2,(H,17,18). The van der Waals surface area contributed by atoms with Gasteiger partial charge in [-0.15, -0.1) is 0 Å². The van der Waals surface area contributed by atoms with Crippen molar-refractivity contribution in [3.63, 3.8) is 0 Å². The van der Waals surface area contributed by atoms with Crippen molar-refractivity contribution >= 4 is 46.6 Å². The van der Waals surface area contributed by atoms with Crippen LogP contribution in [0.2, 0.25) is 10.0 Å².